The van der Waals surface area contributed by atoms with Crippen LogP contribution in [-0.2, 0) is 42.9 Å². The third kappa shape index (κ3) is 18.3. The molecule has 1 saturated carbocycles. The van der Waals surface area contributed by atoms with Crippen LogP contribution in [0, 0.1) is 41.4 Å². The van der Waals surface area contributed by atoms with Crippen LogP contribution >= 0.6 is 0 Å². The van der Waals surface area contributed by atoms with Crippen molar-refractivity contribution in [1.29, 1.82) is 0 Å². The fourth-order valence-electron chi connectivity index (χ4n) is 9.89. The topological polar surface area (TPSA) is 126 Å². The molecule has 0 N–H and O–H groups in total. The molecule has 10 unspecified atom stereocenters. The van der Waals surface area contributed by atoms with Crippen LogP contribution in [0.25, 0.3) is 0 Å². The Morgan fingerprint density at radius 3 is 2.10 bits per heavy atom. The van der Waals surface area contributed by atoms with E-state index in [2.05, 4.69) is 26.8 Å². The van der Waals surface area contributed by atoms with Crippen LogP contribution in [0.1, 0.15) is 159 Å². The van der Waals surface area contributed by atoms with Gasteiger partial charge < -0.3 is 23.8 Å². The number of hydrogen-bond acceptors (Lipinski definition) is 9. The van der Waals surface area contributed by atoms with Crippen molar-refractivity contribution >= 4 is 29.2 Å². The molecule has 10 heteroatoms. The van der Waals surface area contributed by atoms with Crippen LogP contribution in [0.3, 0.4) is 0 Å². The Bertz CT molecular complexity index is 1560. The maximum Gasteiger partial charge on any atom is 0.329 e. The first-order chi connectivity index (χ1) is 30.0. The van der Waals surface area contributed by atoms with Crippen LogP contribution in [-0.4, -0.2) is 92.5 Å². The molecule has 2 heterocycles. The van der Waals surface area contributed by atoms with Crippen LogP contribution in [0.4, 0.5) is 0 Å². The largest absolute Gasteiger partial charge is 0.460 e. The Balaban J connectivity index is 0.00000672. The van der Waals surface area contributed by atoms with Crippen molar-refractivity contribution in [1.82, 2.24) is 4.90 Å². The molecule has 10 nitrogen and oxygen atoms in total. The quantitative estimate of drug-likeness (QED) is 0.146. The van der Waals surface area contributed by atoms with Gasteiger partial charge >= 0.3 is 5.97 Å². The minimum absolute atomic E-state index is 0.0342. The second-order valence-electron chi connectivity index (χ2n) is 19.1. The van der Waals surface area contributed by atoms with Crippen LogP contribution in [0.2, 0.25) is 0 Å². The first-order valence-corrected chi connectivity index (χ1v) is 24.4. The fourth-order valence-corrected chi connectivity index (χ4v) is 9.89. The lowest BCUT2D eigenvalue weighted by molar-refractivity contribution is -0.167. The Kier molecular flexibility index (Phi) is 26.1. The number of hydrogen-bond donors (Lipinski definition) is 0. The highest BCUT2D eigenvalue weighted by Gasteiger charge is 2.41. The maximum absolute atomic E-state index is 14.2. The number of piperidine rings is 1. The van der Waals surface area contributed by atoms with Gasteiger partial charge in [-0.3, -0.25) is 19.2 Å². The van der Waals surface area contributed by atoms with Gasteiger partial charge in [0.2, 0.25) is 5.78 Å². The number of amides is 1. The second kappa shape index (κ2) is 29.4. The van der Waals surface area contributed by atoms with Crippen molar-refractivity contribution in [3.05, 3.63) is 47.6 Å². The first-order valence-electron chi connectivity index (χ1n) is 24.4. The summed E-state index contributed by atoms with van der Waals surface area (Å²) in [5.74, 6) is -1.73. The van der Waals surface area contributed by atoms with Crippen molar-refractivity contribution in [2.24, 2.45) is 41.4 Å². The number of carbonyl (C=O) groups is 5. The predicted octanol–water partition coefficient (Wildman–Crippen LogP) is 10.8. The monoisotopic (exact) mass is 882 g/mol. The molecule has 1 aliphatic carbocycles. The number of cyclic esters (lactones) is 1. The number of rotatable bonds is 6. The number of esters is 1. The van der Waals surface area contributed by atoms with Gasteiger partial charge in [-0.15, -0.1) is 0 Å². The molecule has 12 atom stereocenters. The summed E-state index contributed by atoms with van der Waals surface area (Å²) >= 11 is 0. The lowest BCUT2D eigenvalue weighted by Gasteiger charge is -2.37. The molecule has 0 aromatic heterocycles. The molecule has 0 spiro atoms. The van der Waals surface area contributed by atoms with E-state index in [4.69, 9.17) is 18.9 Å². The van der Waals surface area contributed by atoms with Crippen molar-refractivity contribution < 1.29 is 42.9 Å². The number of nitrogens with zero attached hydrogens (tertiary/aromatic N) is 1. The van der Waals surface area contributed by atoms with Gasteiger partial charge in [0.15, 0.2) is 5.78 Å². The van der Waals surface area contributed by atoms with Crippen molar-refractivity contribution in [2.45, 2.75) is 190 Å². The zero-order chi connectivity index (χ0) is 47.2. The van der Waals surface area contributed by atoms with Gasteiger partial charge in [0.05, 0.1) is 6.10 Å². The third-order valence-corrected chi connectivity index (χ3v) is 13.6. The molecule has 63 heavy (non-hydrogen) atoms. The molecular weight excluding hydrogens is 795 g/mol. The molecule has 2 aliphatic heterocycles. The van der Waals surface area contributed by atoms with E-state index < -0.39 is 47.9 Å². The summed E-state index contributed by atoms with van der Waals surface area (Å²) in [5, 5.41) is 0. The van der Waals surface area contributed by atoms with E-state index in [1.807, 2.05) is 78.8 Å². The highest BCUT2D eigenvalue weighted by molar-refractivity contribution is 6.38. The number of Topliss-reactive ketones (excluding diaryl/α,β-unsaturated/α-hetero) is 3. The van der Waals surface area contributed by atoms with Crippen molar-refractivity contribution in [3.8, 4) is 0 Å². The number of allylic oxidation sites excluding steroid dienone is 6. The molecule has 2 fully saturated rings. The number of methoxy groups -OCH3 is 3. The average Bonchev–Trinajstić information content (AvgIpc) is 3.26. The van der Waals surface area contributed by atoms with Gasteiger partial charge in [0.1, 0.15) is 30.1 Å². The van der Waals surface area contributed by atoms with Gasteiger partial charge in [-0.25, -0.2) is 4.79 Å². The summed E-state index contributed by atoms with van der Waals surface area (Å²) in [4.78, 5) is 71.2. The van der Waals surface area contributed by atoms with Gasteiger partial charge in [-0.2, -0.15) is 0 Å². The van der Waals surface area contributed by atoms with Crippen molar-refractivity contribution in [2.75, 3.05) is 27.9 Å². The summed E-state index contributed by atoms with van der Waals surface area (Å²) in [6.07, 6.45) is 20.0. The van der Waals surface area contributed by atoms with Gasteiger partial charge in [0, 0.05) is 52.6 Å². The normalized spacial score (nSPS) is 35.6. The second-order valence-corrected chi connectivity index (χ2v) is 19.1. The lowest BCUT2D eigenvalue weighted by atomic mass is 9.77. The molecule has 1 amide bonds. The average molecular weight is 882 g/mol. The number of ether oxygens (including phenoxy) is 4. The molecule has 0 aromatic rings. The van der Waals surface area contributed by atoms with E-state index >= 15 is 0 Å². The van der Waals surface area contributed by atoms with Crippen LogP contribution in [0.5, 0.6) is 0 Å². The number of ketones is 3. The highest BCUT2D eigenvalue weighted by atomic mass is 16.5. The summed E-state index contributed by atoms with van der Waals surface area (Å²) in [5.41, 5.74) is 1.95. The van der Waals surface area contributed by atoms with Gasteiger partial charge in [-0.1, -0.05) is 123 Å². The molecular formula is C53H87NO9. The molecule has 0 bridgehead atoms. The standard InChI is InChI=1S/C51H81NO9.C2H6/c1-33-19-13-12-14-21-36(4)44(58-9)25-18-22-37(5)49(60-11)48(55)50(56)52-26-16-15-24-42(52)51(57)61-45(39(7)31-41-23-17-20-34(2)29-41)32-43(53)38(6)28-35(3)30-46(59-10)47(54)40(8)27-33;1-2/h12-14,19,21,28,33-34,37-42,44-46,49H,15-18,20,22-27,29-32H2,1-11H3;1-2H3/b14-12+,19-13-,35-28+,36-21+;/t33-,34?,37-,38?,39?,40?,41?,42?,44?,45?,46?,49?;/m1./s1. The Labute approximate surface area is 382 Å². The molecule has 0 radical (unpaired) electrons. The zero-order valence-corrected chi connectivity index (χ0v) is 41.6. The van der Waals surface area contributed by atoms with E-state index in [0.717, 1.165) is 43.3 Å². The summed E-state index contributed by atoms with van der Waals surface area (Å²) in [7, 11) is 4.70. The molecule has 358 valence electrons. The smallest absolute Gasteiger partial charge is 0.329 e. The zero-order valence-electron chi connectivity index (χ0n) is 41.6. The van der Waals surface area contributed by atoms with Crippen molar-refractivity contribution in [3.63, 3.8) is 0 Å². The van der Waals surface area contributed by atoms with Gasteiger partial charge in [0.25, 0.3) is 5.91 Å². The number of fused-ring (bicyclic) bond motifs is 1. The summed E-state index contributed by atoms with van der Waals surface area (Å²) in [6.45, 7) is 20.4. The molecule has 3 aliphatic rings. The Hall–Kier alpha value is -3.21. The SMILES string of the molecule is CC.COC1C/C(C)=C/C(C)C(=O)CC(C(C)CC2CCCC(C)C2)OC(=O)C2CCCCN2C(=O)C(=O)C(OC)[C@H](C)CCCC(OC)/C(C)=C/C=C/C=C\[C@@H](C)CC(C)C1=O. The minimum Gasteiger partial charge on any atom is -0.460 e. The van der Waals surface area contributed by atoms with Gasteiger partial charge in [-0.05, 0) is 100 Å². The lowest BCUT2D eigenvalue weighted by Crippen LogP contribution is -2.54. The van der Waals surface area contributed by atoms with Crippen LogP contribution < -0.4 is 0 Å². The number of carbonyl (C=O) groups excluding carboxylic acids is 5. The predicted molar refractivity (Wildman–Crippen MR) is 253 cm³/mol. The summed E-state index contributed by atoms with van der Waals surface area (Å²) < 4.78 is 23.6. The van der Waals surface area contributed by atoms with E-state index in [-0.39, 0.29) is 54.3 Å². The van der Waals surface area contributed by atoms with E-state index in [9.17, 15) is 24.0 Å². The molecule has 3 rings (SSSR count). The van der Waals surface area contributed by atoms with E-state index in [1.54, 1.807) is 14.2 Å². The fraction of sp³-hybridized carbons (Fsp3) is 0.755. The Morgan fingerprint density at radius 2 is 1.44 bits per heavy atom. The Morgan fingerprint density at radius 1 is 0.762 bits per heavy atom. The first kappa shape index (κ1) is 55.9. The maximum atomic E-state index is 14.2. The molecule has 1 saturated heterocycles. The highest BCUT2D eigenvalue weighted by Crippen LogP contribution is 2.35. The third-order valence-electron chi connectivity index (χ3n) is 13.6. The minimum atomic E-state index is -0.956. The summed E-state index contributed by atoms with van der Waals surface area (Å²) in [6, 6.07) is -0.923. The molecule has 0 aromatic carbocycles. The van der Waals surface area contributed by atoms with E-state index in [1.165, 1.54) is 24.9 Å². The van der Waals surface area contributed by atoms with Crippen LogP contribution in [0.15, 0.2) is 47.6 Å². The van der Waals surface area contributed by atoms with E-state index in [0.29, 0.717) is 50.4 Å².